The quantitative estimate of drug-likeness (QED) is 0.561. The Morgan fingerprint density at radius 3 is 2.33 bits per heavy atom. The lowest BCUT2D eigenvalue weighted by atomic mass is 9.50. The van der Waals surface area contributed by atoms with Crippen LogP contribution in [0, 0.1) is 0 Å². The van der Waals surface area contributed by atoms with Gasteiger partial charge in [-0.1, -0.05) is 12.2 Å². The fourth-order valence-electron chi connectivity index (χ4n) is 2.87. The largest absolute Gasteiger partial charge is 0.489 e. The van der Waals surface area contributed by atoms with Gasteiger partial charge in [0.25, 0.3) is 0 Å². The molecule has 2 heterocycles. The van der Waals surface area contributed by atoms with Gasteiger partial charge in [0.15, 0.2) is 0 Å². The predicted molar refractivity (Wildman–Crippen MR) is 70.1 cm³/mol. The summed E-state index contributed by atoms with van der Waals surface area (Å²) in [6, 6.07) is 0. The molecule has 0 aromatic heterocycles. The second-order valence-electron chi connectivity index (χ2n) is 5.07. The van der Waals surface area contributed by atoms with Crippen molar-refractivity contribution >= 4 is 14.2 Å². The van der Waals surface area contributed by atoms with E-state index < -0.39 is 0 Å². The summed E-state index contributed by atoms with van der Waals surface area (Å²) in [5.74, 6) is 0. The summed E-state index contributed by atoms with van der Waals surface area (Å²) in [5.41, 5.74) is 1.25. The van der Waals surface area contributed by atoms with Crippen molar-refractivity contribution in [3.05, 3.63) is 24.2 Å². The third-order valence-corrected chi connectivity index (χ3v) is 4.05. The zero-order valence-corrected chi connectivity index (χ0v) is 10.6. The van der Waals surface area contributed by atoms with Crippen molar-refractivity contribution in [2.75, 3.05) is 26.4 Å². The van der Waals surface area contributed by atoms with Gasteiger partial charge in [0.05, 0.1) is 26.4 Å². The van der Waals surface area contributed by atoms with Crippen molar-refractivity contribution in [2.45, 2.75) is 24.6 Å². The van der Waals surface area contributed by atoms with Gasteiger partial charge in [-0.15, -0.1) is 6.58 Å². The van der Waals surface area contributed by atoms with Crippen LogP contribution in [0.25, 0.3) is 0 Å². The summed E-state index contributed by atoms with van der Waals surface area (Å²) in [6.07, 6.45) is 7.04. The molecule has 1 unspecified atom stereocenters. The molecule has 0 aromatic rings. The molecule has 2 saturated heterocycles. The third kappa shape index (κ3) is 2.18. The van der Waals surface area contributed by atoms with Gasteiger partial charge in [-0.25, -0.2) is 0 Å². The lowest BCUT2D eigenvalue weighted by Gasteiger charge is -2.34. The first-order chi connectivity index (χ1) is 8.84. The van der Waals surface area contributed by atoms with Crippen molar-refractivity contribution in [2.24, 2.45) is 0 Å². The third-order valence-electron chi connectivity index (χ3n) is 4.05. The molecule has 3 aliphatic rings. The zero-order chi connectivity index (χ0) is 12.4. The predicted octanol–water partition coefficient (Wildman–Crippen LogP) is 1.63. The maximum absolute atomic E-state index is 5.66. The van der Waals surface area contributed by atoms with Gasteiger partial charge in [0.1, 0.15) is 0 Å². The van der Waals surface area contributed by atoms with Crippen molar-refractivity contribution < 1.29 is 18.6 Å². The molecule has 0 N–H and O–H groups in total. The van der Waals surface area contributed by atoms with Crippen LogP contribution in [0.15, 0.2) is 24.2 Å². The van der Waals surface area contributed by atoms with Crippen LogP contribution < -0.4 is 0 Å². The minimum absolute atomic E-state index is 0.0847. The maximum Gasteiger partial charge on any atom is 0.489 e. The molecule has 0 bridgehead atoms. The Morgan fingerprint density at radius 2 is 1.78 bits per heavy atom. The number of hydrogen-bond donors (Lipinski definition) is 0. The molecule has 3 rings (SSSR count). The highest BCUT2D eigenvalue weighted by Gasteiger charge is 2.47. The molecule has 4 nitrogen and oxygen atoms in total. The Hall–Kier alpha value is -0.550. The van der Waals surface area contributed by atoms with E-state index in [1.807, 2.05) is 6.08 Å². The average molecular weight is 248 g/mol. The van der Waals surface area contributed by atoms with E-state index in [1.54, 1.807) is 0 Å². The SMILES string of the molecule is C=CC1(B2OCCO2)CC=C(B2OCCO2)CC1. The molecule has 18 heavy (non-hydrogen) atoms. The molecule has 0 radical (unpaired) electrons. The molecular formula is C12H18B2O4. The van der Waals surface area contributed by atoms with Crippen LogP contribution in [-0.2, 0) is 18.6 Å². The fraction of sp³-hybridized carbons (Fsp3) is 0.667. The lowest BCUT2D eigenvalue weighted by Crippen LogP contribution is -2.35. The highest BCUT2D eigenvalue weighted by molar-refractivity contribution is 6.54. The van der Waals surface area contributed by atoms with Crippen LogP contribution in [0.4, 0.5) is 0 Å². The standard InChI is InChI=1S/C12H18B2O4/c1-2-12(14-17-9-10-18-14)5-3-11(4-6-12)13-15-7-8-16-13/h2-3H,1,4-10H2. The first-order valence-corrected chi connectivity index (χ1v) is 6.63. The minimum Gasteiger partial charge on any atom is -0.408 e. The number of rotatable bonds is 3. The van der Waals surface area contributed by atoms with Crippen LogP contribution in [0.3, 0.4) is 0 Å². The van der Waals surface area contributed by atoms with E-state index in [9.17, 15) is 0 Å². The first kappa shape index (κ1) is 12.5. The molecule has 2 aliphatic heterocycles. The Morgan fingerprint density at radius 1 is 1.11 bits per heavy atom. The number of hydrogen-bond acceptors (Lipinski definition) is 4. The Kier molecular flexibility index (Phi) is 3.61. The Balaban J connectivity index is 1.70. The first-order valence-electron chi connectivity index (χ1n) is 6.63. The molecule has 0 amide bonds. The summed E-state index contributed by atoms with van der Waals surface area (Å²) < 4.78 is 22.4. The number of allylic oxidation sites excluding steroid dienone is 3. The summed E-state index contributed by atoms with van der Waals surface area (Å²) in [6.45, 7) is 6.74. The van der Waals surface area contributed by atoms with E-state index in [0.717, 1.165) is 19.3 Å². The monoisotopic (exact) mass is 248 g/mol. The fourth-order valence-corrected chi connectivity index (χ4v) is 2.87. The van der Waals surface area contributed by atoms with Crippen LogP contribution in [0.1, 0.15) is 19.3 Å². The van der Waals surface area contributed by atoms with Gasteiger partial charge in [-0.05, 0) is 24.7 Å². The molecule has 2 fully saturated rings. The lowest BCUT2D eigenvalue weighted by molar-refractivity contribution is 0.322. The molecule has 0 saturated carbocycles. The van der Waals surface area contributed by atoms with Crippen LogP contribution in [0.2, 0.25) is 5.31 Å². The Labute approximate surface area is 109 Å². The van der Waals surface area contributed by atoms with Crippen LogP contribution >= 0.6 is 0 Å². The van der Waals surface area contributed by atoms with Crippen LogP contribution in [-0.4, -0.2) is 40.7 Å². The summed E-state index contributed by atoms with van der Waals surface area (Å²) in [5, 5.41) is -0.0847. The molecular weight excluding hydrogens is 230 g/mol. The summed E-state index contributed by atoms with van der Waals surface area (Å²) >= 11 is 0. The second-order valence-corrected chi connectivity index (χ2v) is 5.07. The minimum atomic E-state index is -0.141. The average Bonchev–Trinajstić information content (AvgIpc) is 3.12. The van der Waals surface area contributed by atoms with E-state index in [0.29, 0.717) is 26.4 Å². The second kappa shape index (κ2) is 5.21. The van der Waals surface area contributed by atoms with Crippen molar-refractivity contribution in [3.8, 4) is 0 Å². The topological polar surface area (TPSA) is 36.9 Å². The highest BCUT2D eigenvalue weighted by Crippen LogP contribution is 2.47. The zero-order valence-electron chi connectivity index (χ0n) is 10.6. The van der Waals surface area contributed by atoms with E-state index in [-0.39, 0.29) is 19.6 Å². The molecule has 0 spiro atoms. The van der Waals surface area contributed by atoms with Gasteiger partial charge in [0, 0.05) is 5.31 Å². The van der Waals surface area contributed by atoms with Gasteiger partial charge in [0.2, 0.25) is 0 Å². The Bertz CT molecular complexity index is 348. The molecule has 96 valence electrons. The highest BCUT2D eigenvalue weighted by atomic mass is 16.6. The van der Waals surface area contributed by atoms with E-state index in [1.165, 1.54) is 5.47 Å². The smallest absolute Gasteiger partial charge is 0.408 e. The van der Waals surface area contributed by atoms with Gasteiger partial charge >= 0.3 is 14.2 Å². The molecule has 1 atom stereocenters. The molecule has 6 heteroatoms. The normalized spacial score (nSPS) is 32.8. The van der Waals surface area contributed by atoms with Gasteiger partial charge < -0.3 is 18.6 Å². The molecule has 1 aliphatic carbocycles. The van der Waals surface area contributed by atoms with Crippen molar-refractivity contribution in [1.29, 1.82) is 0 Å². The van der Waals surface area contributed by atoms with Crippen molar-refractivity contribution in [3.63, 3.8) is 0 Å². The molecule has 0 aromatic carbocycles. The summed E-state index contributed by atoms with van der Waals surface area (Å²) in [7, 11) is -0.267. The van der Waals surface area contributed by atoms with Crippen LogP contribution in [0.5, 0.6) is 0 Å². The van der Waals surface area contributed by atoms with E-state index in [2.05, 4.69) is 12.7 Å². The van der Waals surface area contributed by atoms with E-state index >= 15 is 0 Å². The van der Waals surface area contributed by atoms with Crippen molar-refractivity contribution in [1.82, 2.24) is 0 Å². The summed E-state index contributed by atoms with van der Waals surface area (Å²) in [4.78, 5) is 0. The van der Waals surface area contributed by atoms with Gasteiger partial charge in [-0.2, -0.15) is 0 Å². The van der Waals surface area contributed by atoms with E-state index in [4.69, 9.17) is 18.6 Å². The van der Waals surface area contributed by atoms with Gasteiger partial charge in [-0.3, -0.25) is 0 Å². The maximum atomic E-state index is 5.66.